The lowest BCUT2D eigenvalue weighted by Crippen LogP contribution is -2.24. The van der Waals surface area contributed by atoms with E-state index >= 15 is 0 Å². The van der Waals surface area contributed by atoms with E-state index in [9.17, 15) is 14.4 Å². The number of rotatable bonds is 9. The van der Waals surface area contributed by atoms with Gasteiger partial charge in [0.1, 0.15) is 22.1 Å². The largest absolute Gasteiger partial charge is 0.482 e. The van der Waals surface area contributed by atoms with Crippen LogP contribution in [0.15, 0.2) is 58.5 Å². The summed E-state index contributed by atoms with van der Waals surface area (Å²) in [6, 6.07) is 12.2. The number of hydrogen-bond acceptors (Lipinski definition) is 8. The van der Waals surface area contributed by atoms with Crippen molar-refractivity contribution >= 4 is 34.2 Å². The third-order valence-corrected chi connectivity index (χ3v) is 4.67. The Morgan fingerprint density at radius 3 is 2.53 bits per heavy atom. The molecular weight excluding hydrogens is 410 g/mol. The highest BCUT2D eigenvalue weighted by Gasteiger charge is 2.24. The van der Waals surface area contributed by atoms with Gasteiger partial charge in [-0.05, 0) is 31.2 Å². The van der Waals surface area contributed by atoms with E-state index in [2.05, 4.69) is 5.32 Å². The highest BCUT2D eigenvalue weighted by molar-refractivity contribution is 7.15. The Morgan fingerprint density at radius 2 is 1.83 bits per heavy atom. The topological polar surface area (TPSA) is 104 Å². The van der Waals surface area contributed by atoms with Crippen molar-refractivity contribution < 1.29 is 33.0 Å². The number of anilines is 1. The third kappa shape index (κ3) is 5.48. The molecule has 0 aliphatic carbocycles. The molecule has 1 N–H and O–H groups in total. The summed E-state index contributed by atoms with van der Waals surface area (Å²) in [7, 11) is 0. The van der Waals surface area contributed by atoms with E-state index in [-0.39, 0.29) is 23.8 Å². The number of carbonyl (C=O) groups excluding carboxylic acids is 3. The summed E-state index contributed by atoms with van der Waals surface area (Å²) in [5, 5.41) is 4.54. The van der Waals surface area contributed by atoms with Gasteiger partial charge in [0.2, 0.25) is 0 Å². The normalized spacial score (nSPS) is 10.3. The van der Waals surface area contributed by atoms with E-state index in [1.807, 2.05) is 6.07 Å². The fourth-order valence-corrected chi connectivity index (χ4v) is 3.43. The second-order valence-electron chi connectivity index (χ2n) is 5.86. The van der Waals surface area contributed by atoms with E-state index in [1.54, 1.807) is 48.7 Å². The molecule has 3 rings (SSSR count). The molecule has 1 amide bonds. The quantitative estimate of drug-likeness (QED) is 0.517. The molecule has 2 heterocycles. The predicted molar refractivity (Wildman–Crippen MR) is 110 cm³/mol. The minimum atomic E-state index is -0.693. The number of ether oxygens (including phenoxy) is 3. The Hall–Kier alpha value is -3.59. The molecule has 0 radical (unpaired) electrons. The van der Waals surface area contributed by atoms with Crippen LogP contribution in [0.2, 0.25) is 0 Å². The maximum Gasteiger partial charge on any atom is 0.344 e. The van der Waals surface area contributed by atoms with Gasteiger partial charge in [-0.15, -0.1) is 11.3 Å². The SMILES string of the molecule is CCOC(=O)c1c(-c2ccco2)csc1NC(=O)COC(=O)COc1ccccc1. The van der Waals surface area contributed by atoms with Gasteiger partial charge in [-0.1, -0.05) is 18.2 Å². The average Bonchev–Trinajstić information content (AvgIpc) is 3.41. The molecule has 156 valence electrons. The van der Waals surface area contributed by atoms with E-state index in [0.29, 0.717) is 17.1 Å². The van der Waals surface area contributed by atoms with Crippen molar-refractivity contribution in [1.29, 1.82) is 0 Å². The van der Waals surface area contributed by atoms with Crippen LogP contribution in [0.4, 0.5) is 5.00 Å². The van der Waals surface area contributed by atoms with Crippen LogP contribution in [-0.2, 0) is 19.1 Å². The van der Waals surface area contributed by atoms with Crippen molar-refractivity contribution in [1.82, 2.24) is 0 Å². The first-order valence-electron chi connectivity index (χ1n) is 9.04. The standard InChI is InChI=1S/C21H19NO7S/c1-2-26-21(25)19-15(16-9-6-10-27-16)13-30-20(19)22-17(23)11-29-18(24)12-28-14-7-4-3-5-8-14/h3-10,13H,2,11-12H2,1H3,(H,22,23). The van der Waals surface area contributed by atoms with Crippen molar-refractivity contribution in [3.05, 3.63) is 59.7 Å². The summed E-state index contributed by atoms with van der Waals surface area (Å²) in [5.74, 6) is -0.890. The van der Waals surface area contributed by atoms with Crippen LogP contribution in [0.1, 0.15) is 17.3 Å². The molecule has 0 aliphatic heterocycles. The molecule has 0 atom stereocenters. The first kappa shape index (κ1) is 21.1. The fourth-order valence-electron chi connectivity index (χ4n) is 2.48. The number of esters is 2. The summed E-state index contributed by atoms with van der Waals surface area (Å²) in [4.78, 5) is 36.4. The van der Waals surface area contributed by atoms with Crippen LogP contribution in [0, 0.1) is 0 Å². The zero-order valence-electron chi connectivity index (χ0n) is 16.1. The lowest BCUT2D eigenvalue weighted by molar-refractivity contribution is -0.149. The molecule has 8 nitrogen and oxygen atoms in total. The van der Waals surface area contributed by atoms with Gasteiger partial charge in [0.25, 0.3) is 5.91 Å². The first-order valence-corrected chi connectivity index (χ1v) is 9.92. The molecular formula is C21H19NO7S. The zero-order valence-corrected chi connectivity index (χ0v) is 16.9. The second-order valence-corrected chi connectivity index (χ2v) is 6.74. The van der Waals surface area contributed by atoms with Crippen LogP contribution in [0.25, 0.3) is 11.3 Å². The summed E-state index contributed by atoms with van der Waals surface area (Å²) >= 11 is 1.14. The third-order valence-electron chi connectivity index (χ3n) is 3.77. The monoisotopic (exact) mass is 429 g/mol. The Labute approximate surface area is 176 Å². The maximum atomic E-state index is 12.4. The lowest BCUT2D eigenvalue weighted by Gasteiger charge is -2.09. The Morgan fingerprint density at radius 1 is 1.03 bits per heavy atom. The van der Waals surface area contributed by atoms with Gasteiger partial charge >= 0.3 is 11.9 Å². The second kappa shape index (κ2) is 10.3. The highest BCUT2D eigenvalue weighted by atomic mass is 32.1. The number of thiophene rings is 1. The van der Waals surface area contributed by atoms with Crippen LogP contribution >= 0.6 is 11.3 Å². The number of amides is 1. The van der Waals surface area contributed by atoms with Crippen LogP contribution < -0.4 is 10.1 Å². The zero-order chi connectivity index (χ0) is 21.3. The lowest BCUT2D eigenvalue weighted by atomic mass is 10.1. The molecule has 1 aromatic carbocycles. The number of nitrogens with one attached hydrogen (secondary N) is 1. The molecule has 0 saturated heterocycles. The van der Waals surface area contributed by atoms with Gasteiger partial charge in [0.15, 0.2) is 13.2 Å². The molecule has 0 saturated carbocycles. The Balaban J connectivity index is 1.59. The first-order chi connectivity index (χ1) is 14.6. The van der Waals surface area contributed by atoms with Gasteiger partial charge in [0.05, 0.1) is 12.9 Å². The van der Waals surface area contributed by atoms with Crippen molar-refractivity contribution in [2.24, 2.45) is 0 Å². The van der Waals surface area contributed by atoms with Gasteiger partial charge < -0.3 is 23.9 Å². The molecule has 0 fully saturated rings. The molecule has 0 bridgehead atoms. The van der Waals surface area contributed by atoms with Crippen LogP contribution in [-0.4, -0.2) is 37.7 Å². The van der Waals surface area contributed by atoms with Crippen LogP contribution in [0.3, 0.4) is 0 Å². The van der Waals surface area contributed by atoms with Gasteiger partial charge in [-0.25, -0.2) is 9.59 Å². The maximum absolute atomic E-state index is 12.4. The van der Waals surface area contributed by atoms with E-state index in [1.165, 1.54) is 6.26 Å². The molecule has 3 aromatic rings. The summed E-state index contributed by atoms with van der Waals surface area (Å²) in [6.07, 6.45) is 1.48. The predicted octanol–water partition coefficient (Wildman–Crippen LogP) is 3.75. The average molecular weight is 429 g/mol. The molecule has 30 heavy (non-hydrogen) atoms. The molecule has 9 heteroatoms. The van der Waals surface area contributed by atoms with Crippen molar-refractivity contribution in [3.63, 3.8) is 0 Å². The number of para-hydroxylation sites is 1. The summed E-state index contributed by atoms with van der Waals surface area (Å²) in [5.41, 5.74) is 0.691. The highest BCUT2D eigenvalue weighted by Crippen LogP contribution is 2.36. The van der Waals surface area contributed by atoms with Crippen molar-refractivity contribution in [2.75, 3.05) is 25.1 Å². The summed E-state index contributed by atoms with van der Waals surface area (Å²) in [6.45, 7) is 1.02. The minimum Gasteiger partial charge on any atom is -0.482 e. The Kier molecular flexibility index (Phi) is 7.23. The molecule has 0 spiro atoms. The van der Waals surface area contributed by atoms with Gasteiger partial charge in [-0.3, -0.25) is 4.79 Å². The van der Waals surface area contributed by atoms with Gasteiger partial charge in [-0.2, -0.15) is 0 Å². The summed E-state index contributed by atoms with van der Waals surface area (Å²) < 4.78 is 20.6. The van der Waals surface area contributed by atoms with Gasteiger partial charge in [0, 0.05) is 10.9 Å². The Bertz CT molecular complexity index is 996. The number of benzene rings is 1. The van der Waals surface area contributed by atoms with Crippen molar-refractivity contribution in [3.8, 4) is 17.1 Å². The molecule has 0 aliphatic rings. The molecule has 0 unspecified atom stereocenters. The number of furan rings is 1. The van der Waals surface area contributed by atoms with Crippen LogP contribution in [0.5, 0.6) is 5.75 Å². The number of hydrogen-bond donors (Lipinski definition) is 1. The van der Waals surface area contributed by atoms with E-state index < -0.39 is 24.5 Å². The number of carbonyl (C=O) groups is 3. The fraction of sp³-hybridized carbons (Fsp3) is 0.190. The smallest absolute Gasteiger partial charge is 0.344 e. The molecule has 2 aromatic heterocycles. The van der Waals surface area contributed by atoms with E-state index in [4.69, 9.17) is 18.6 Å². The minimum absolute atomic E-state index is 0.179. The van der Waals surface area contributed by atoms with Crippen molar-refractivity contribution in [2.45, 2.75) is 6.92 Å². The van der Waals surface area contributed by atoms with E-state index in [0.717, 1.165) is 11.3 Å².